The summed E-state index contributed by atoms with van der Waals surface area (Å²) < 4.78 is 0. The summed E-state index contributed by atoms with van der Waals surface area (Å²) in [7, 11) is 0. The fraction of sp³-hybridized carbons (Fsp3) is 1.00. The first kappa shape index (κ1) is 12.7. The van der Waals surface area contributed by atoms with Crippen LogP contribution in [-0.4, -0.2) is 12.6 Å². The van der Waals surface area contributed by atoms with Gasteiger partial charge in [0.2, 0.25) is 0 Å². The second kappa shape index (κ2) is 4.76. The Morgan fingerprint density at radius 2 is 1.63 bits per heavy atom. The quantitative estimate of drug-likeness (QED) is 0.795. The van der Waals surface area contributed by atoms with Crippen molar-refractivity contribution < 1.29 is 0 Å². The molecule has 5 aliphatic rings. The van der Waals surface area contributed by atoms with Crippen LogP contribution in [0.5, 0.6) is 0 Å². The molecule has 5 fully saturated rings. The molecule has 0 saturated heterocycles. The van der Waals surface area contributed by atoms with Gasteiger partial charge in [-0.15, -0.1) is 0 Å². The van der Waals surface area contributed by atoms with E-state index in [-0.39, 0.29) is 0 Å². The Kier molecular flexibility index (Phi) is 3.17. The van der Waals surface area contributed by atoms with Gasteiger partial charge in [0.05, 0.1) is 0 Å². The SMILES string of the molecule is CCNC1C2CC3CC1CC(C1CCCCC1)(C3)C2. The Hall–Kier alpha value is -0.0400. The van der Waals surface area contributed by atoms with Crippen LogP contribution in [0.4, 0.5) is 0 Å². The third-order valence-corrected chi connectivity index (χ3v) is 7.23. The lowest BCUT2D eigenvalue weighted by Gasteiger charge is -2.63. The van der Waals surface area contributed by atoms with E-state index >= 15 is 0 Å². The van der Waals surface area contributed by atoms with E-state index in [9.17, 15) is 0 Å². The topological polar surface area (TPSA) is 12.0 Å². The molecule has 1 N–H and O–H groups in total. The molecule has 5 rings (SSSR count). The van der Waals surface area contributed by atoms with Gasteiger partial charge in [0, 0.05) is 6.04 Å². The molecule has 0 aromatic carbocycles. The van der Waals surface area contributed by atoms with E-state index in [1.165, 1.54) is 25.8 Å². The summed E-state index contributed by atoms with van der Waals surface area (Å²) in [5.74, 6) is 4.28. The maximum atomic E-state index is 3.85. The van der Waals surface area contributed by atoms with Crippen LogP contribution in [0.3, 0.4) is 0 Å². The van der Waals surface area contributed by atoms with Crippen molar-refractivity contribution in [2.24, 2.45) is 29.1 Å². The summed E-state index contributed by atoms with van der Waals surface area (Å²) in [6, 6.07) is 0.887. The fourth-order valence-corrected chi connectivity index (χ4v) is 6.87. The molecule has 5 aliphatic carbocycles. The molecular weight excluding hydrogens is 230 g/mol. The van der Waals surface area contributed by atoms with E-state index in [0.29, 0.717) is 0 Å². The van der Waals surface area contributed by atoms with E-state index in [1.807, 2.05) is 0 Å². The molecular formula is C18H31N. The van der Waals surface area contributed by atoms with Crippen LogP contribution in [0.2, 0.25) is 0 Å². The minimum Gasteiger partial charge on any atom is -0.314 e. The second-order valence-electron chi connectivity index (χ2n) is 8.25. The minimum absolute atomic E-state index is 0.808. The summed E-state index contributed by atoms with van der Waals surface area (Å²) in [5.41, 5.74) is 0.808. The van der Waals surface area contributed by atoms with E-state index in [1.54, 1.807) is 44.9 Å². The Balaban J connectivity index is 1.56. The average Bonchev–Trinajstić information content (AvgIpc) is 2.43. The Labute approximate surface area is 118 Å². The molecule has 0 aliphatic heterocycles. The van der Waals surface area contributed by atoms with Crippen molar-refractivity contribution in [1.82, 2.24) is 5.32 Å². The molecule has 108 valence electrons. The van der Waals surface area contributed by atoms with Crippen molar-refractivity contribution in [3.05, 3.63) is 0 Å². The standard InChI is InChI=1S/C18H31N/c1-2-19-17-14-8-13-9-15(17)12-18(10-13,11-14)16-6-4-3-5-7-16/h13-17,19H,2-12H2,1H3. The lowest BCUT2D eigenvalue weighted by molar-refractivity contribution is -0.113. The van der Waals surface area contributed by atoms with Crippen molar-refractivity contribution >= 4 is 0 Å². The van der Waals surface area contributed by atoms with Crippen LogP contribution in [-0.2, 0) is 0 Å². The summed E-state index contributed by atoms with van der Waals surface area (Å²) in [6.45, 7) is 3.47. The number of rotatable bonds is 3. The third-order valence-electron chi connectivity index (χ3n) is 7.23. The maximum absolute atomic E-state index is 3.85. The first-order valence-corrected chi connectivity index (χ1v) is 9.04. The van der Waals surface area contributed by atoms with E-state index in [2.05, 4.69) is 12.2 Å². The first-order valence-electron chi connectivity index (χ1n) is 9.04. The van der Waals surface area contributed by atoms with Gasteiger partial charge in [0.1, 0.15) is 0 Å². The van der Waals surface area contributed by atoms with Crippen LogP contribution >= 0.6 is 0 Å². The summed E-state index contributed by atoms with van der Waals surface area (Å²) in [5, 5.41) is 3.85. The maximum Gasteiger partial charge on any atom is 0.0124 e. The minimum atomic E-state index is 0.808. The Bertz CT molecular complexity index is 315. The molecule has 5 saturated carbocycles. The van der Waals surface area contributed by atoms with Crippen molar-refractivity contribution in [2.75, 3.05) is 6.54 Å². The van der Waals surface area contributed by atoms with Gasteiger partial charge < -0.3 is 5.32 Å². The van der Waals surface area contributed by atoms with Crippen LogP contribution in [0.25, 0.3) is 0 Å². The third kappa shape index (κ3) is 1.99. The molecule has 0 spiro atoms. The zero-order chi connectivity index (χ0) is 12.9. The molecule has 2 unspecified atom stereocenters. The Morgan fingerprint density at radius 3 is 2.26 bits per heavy atom. The van der Waals surface area contributed by atoms with E-state index in [0.717, 1.165) is 35.1 Å². The van der Waals surface area contributed by atoms with Crippen molar-refractivity contribution in [3.8, 4) is 0 Å². The summed E-state index contributed by atoms with van der Waals surface area (Å²) in [4.78, 5) is 0. The predicted octanol–water partition coefficient (Wildman–Crippen LogP) is 4.37. The molecule has 4 bridgehead atoms. The zero-order valence-corrected chi connectivity index (χ0v) is 12.7. The normalized spacial score (nSPS) is 49.7. The molecule has 1 heteroatoms. The molecule has 0 heterocycles. The highest BCUT2D eigenvalue weighted by molar-refractivity contribution is 5.09. The predicted molar refractivity (Wildman–Crippen MR) is 80.0 cm³/mol. The van der Waals surface area contributed by atoms with Gasteiger partial charge >= 0.3 is 0 Å². The van der Waals surface area contributed by atoms with E-state index < -0.39 is 0 Å². The van der Waals surface area contributed by atoms with Gasteiger partial charge in [0.25, 0.3) is 0 Å². The molecule has 2 atom stereocenters. The van der Waals surface area contributed by atoms with Gasteiger partial charge in [-0.2, -0.15) is 0 Å². The summed E-state index contributed by atoms with van der Waals surface area (Å²) >= 11 is 0. The molecule has 0 amide bonds. The smallest absolute Gasteiger partial charge is 0.0124 e. The number of nitrogens with one attached hydrogen (secondary N) is 1. The van der Waals surface area contributed by atoms with Gasteiger partial charge in [-0.3, -0.25) is 0 Å². The molecule has 19 heavy (non-hydrogen) atoms. The van der Waals surface area contributed by atoms with Crippen LogP contribution in [0.1, 0.15) is 71.1 Å². The van der Waals surface area contributed by atoms with Gasteiger partial charge in [0.15, 0.2) is 0 Å². The highest BCUT2D eigenvalue weighted by Gasteiger charge is 2.57. The van der Waals surface area contributed by atoms with Crippen molar-refractivity contribution in [1.29, 1.82) is 0 Å². The largest absolute Gasteiger partial charge is 0.314 e. The van der Waals surface area contributed by atoms with Gasteiger partial charge in [-0.1, -0.05) is 26.2 Å². The summed E-state index contributed by atoms with van der Waals surface area (Å²) in [6.07, 6.45) is 15.6. The number of hydrogen-bond donors (Lipinski definition) is 1. The van der Waals surface area contributed by atoms with E-state index in [4.69, 9.17) is 0 Å². The molecule has 1 nitrogen and oxygen atoms in total. The molecule has 0 radical (unpaired) electrons. The number of hydrogen-bond acceptors (Lipinski definition) is 1. The average molecular weight is 261 g/mol. The van der Waals surface area contributed by atoms with Crippen molar-refractivity contribution in [2.45, 2.75) is 77.2 Å². The zero-order valence-electron chi connectivity index (χ0n) is 12.7. The van der Waals surface area contributed by atoms with Crippen LogP contribution in [0.15, 0.2) is 0 Å². The van der Waals surface area contributed by atoms with Crippen LogP contribution in [0, 0.1) is 29.1 Å². The molecule has 0 aromatic rings. The van der Waals surface area contributed by atoms with Gasteiger partial charge in [-0.25, -0.2) is 0 Å². The fourth-order valence-electron chi connectivity index (χ4n) is 6.87. The second-order valence-corrected chi connectivity index (χ2v) is 8.25. The molecule has 0 aromatic heterocycles. The lowest BCUT2D eigenvalue weighted by atomic mass is 9.44. The first-order chi connectivity index (χ1) is 9.31. The highest BCUT2D eigenvalue weighted by Crippen LogP contribution is 2.64. The van der Waals surface area contributed by atoms with Crippen molar-refractivity contribution in [3.63, 3.8) is 0 Å². The lowest BCUT2D eigenvalue weighted by Crippen LogP contribution is -2.60. The highest BCUT2D eigenvalue weighted by atomic mass is 14.9. The Morgan fingerprint density at radius 1 is 0.947 bits per heavy atom. The van der Waals surface area contributed by atoms with Gasteiger partial charge in [-0.05, 0) is 80.6 Å². The monoisotopic (exact) mass is 261 g/mol. The van der Waals surface area contributed by atoms with Crippen LogP contribution < -0.4 is 5.32 Å².